The average molecular weight is 414 g/mol. The predicted molar refractivity (Wildman–Crippen MR) is 134 cm³/mol. The molecule has 1 aromatic carbocycles. The van der Waals surface area contributed by atoms with Crippen LogP contribution in [0.5, 0.6) is 0 Å². The molecule has 1 heteroatoms. The average Bonchev–Trinajstić information content (AvgIpc) is 3.33. The zero-order chi connectivity index (χ0) is 21.3. The lowest BCUT2D eigenvalue weighted by molar-refractivity contribution is 0.0951. The lowest BCUT2D eigenvalue weighted by Crippen LogP contribution is -2.44. The smallest absolute Gasteiger partial charge is 0.0458 e. The molecule has 1 atom stereocenters. The molecule has 1 aromatic rings. The Morgan fingerprint density at radius 2 is 1.10 bits per heavy atom. The van der Waals surface area contributed by atoms with E-state index in [1.165, 1.54) is 129 Å². The molecule has 1 nitrogen and oxygen atoms in total. The van der Waals surface area contributed by atoms with Crippen LogP contribution in [0.3, 0.4) is 0 Å². The highest BCUT2D eigenvalue weighted by Gasteiger charge is 2.37. The van der Waals surface area contributed by atoms with Gasteiger partial charge in [0.05, 0.1) is 0 Å². The fourth-order valence-corrected chi connectivity index (χ4v) is 5.60. The Bertz CT molecular complexity index is 504. The standard InChI is InChI=1S/C29H51N/c1-3-5-6-7-8-9-10-11-12-13-14-15-16-20-25-29(4-2,30-26-21-22-27-30)28-23-18-17-19-24-28/h17-19,23-24H,3-16,20-22,25-27H2,1-2H3. The summed E-state index contributed by atoms with van der Waals surface area (Å²) in [6, 6.07) is 11.4. The highest BCUT2D eigenvalue weighted by atomic mass is 15.2. The van der Waals surface area contributed by atoms with E-state index < -0.39 is 0 Å². The summed E-state index contributed by atoms with van der Waals surface area (Å²) in [5, 5.41) is 0. The van der Waals surface area contributed by atoms with Crippen molar-refractivity contribution in [1.82, 2.24) is 4.90 Å². The Morgan fingerprint density at radius 3 is 1.57 bits per heavy atom. The van der Waals surface area contributed by atoms with E-state index in [4.69, 9.17) is 0 Å². The molecule has 2 rings (SSSR count). The van der Waals surface area contributed by atoms with Crippen molar-refractivity contribution in [2.24, 2.45) is 0 Å². The topological polar surface area (TPSA) is 3.24 Å². The molecule has 1 heterocycles. The molecule has 0 bridgehead atoms. The SMILES string of the molecule is CCCCCCCCCCCCCCCCC(CC)(c1ccccc1)N1CCCC1. The van der Waals surface area contributed by atoms with Crippen molar-refractivity contribution < 1.29 is 0 Å². The Labute approximate surface area is 189 Å². The van der Waals surface area contributed by atoms with Crippen molar-refractivity contribution in [3.05, 3.63) is 35.9 Å². The van der Waals surface area contributed by atoms with Crippen molar-refractivity contribution in [3.63, 3.8) is 0 Å². The highest BCUT2D eigenvalue weighted by molar-refractivity contribution is 5.25. The molecular formula is C29H51N. The summed E-state index contributed by atoms with van der Waals surface area (Å²) in [6.07, 6.45) is 25.6. The predicted octanol–water partition coefficient (Wildman–Crippen LogP) is 9.26. The second-order valence-corrected chi connectivity index (χ2v) is 9.79. The number of unbranched alkanes of at least 4 members (excludes halogenated alkanes) is 13. The third-order valence-electron chi connectivity index (χ3n) is 7.55. The summed E-state index contributed by atoms with van der Waals surface area (Å²) >= 11 is 0. The van der Waals surface area contributed by atoms with Crippen molar-refractivity contribution in [2.45, 2.75) is 135 Å². The van der Waals surface area contributed by atoms with E-state index in [-0.39, 0.29) is 5.54 Å². The first kappa shape index (κ1) is 25.4. The van der Waals surface area contributed by atoms with Gasteiger partial charge in [-0.2, -0.15) is 0 Å². The lowest BCUT2D eigenvalue weighted by atomic mass is 9.80. The van der Waals surface area contributed by atoms with Crippen LogP contribution in [0.1, 0.15) is 135 Å². The van der Waals surface area contributed by atoms with E-state index in [1.807, 2.05) is 0 Å². The van der Waals surface area contributed by atoms with Crippen molar-refractivity contribution in [2.75, 3.05) is 13.1 Å². The molecule has 1 fully saturated rings. The Hall–Kier alpha value is -0.820. The van der Waals surface area contributed by atoms with Gasteiger partial charge < -0.3 is 0 Å². The van der Waals surface area contributed by atoms with Gasteiger partial charge in [0, 0.05) is 5.54 Å². The molecule has 30 heavy (non-hydrogen) atoms. The third-order valence-corrected chi connectivity index (χ3v) is 7.55. The molecule has 0 aromatic heterocycles. The minimum atomic E-state index is 0.287. The zero-order valence-electron chi connectivity index (χ0n) is 20.5. The largest absolute Gasteiger partial charge is 0.294 e. The number of hydrogen-bond acceptors (Lipinski definition) is 1. The van der Waals surface area contributed by atoms with Gasteiger partial charge in [0.2, 0.25) is 0 Å². The number of hydrogen-bond donors (Lipinski definition) is 0. The first-order valence-electron chi connectivity index (χ1n) is 13.6. The number of likely N-dealkylation sites (tertiary alicyclic amines) is 1. The summed E-state index contributed by atoms with van der Waals surface area (Å²) in [5.41, 5.74) is 1.85. The van der Waals surface area contributed by atoms with Gasteiger partial charge >= 0.3 is 0 Å². The van der Waals surface area contributed by atoms with E-state index in [9.17, 15) is 0 Å². The molecule has 1 saturated heterocycles. The minimum Gasteiger partial charge on any atom is -0.294 e. The quantitative estimate of drug-likeness (QED) is 0.217. The van der Waals surface area contributed by atoms with Crippen LogP contribution in [-0.2, 0) is 5.54 Å². The van der Waals surface area contributed by atoms with Crippen molar-refractivity contribution in [1.29, 1.82) is 0 Å². The van der Waals surface area contributed by atoms with Crippen LogP contribution >= 0.6 is 0 Å². The fraction of sp³-hybridized carbons (Fsp3) is 0.793. The van der Waals surface area contributed by atoms with E-state index >= 15 is 0 Å². The molecule has 1 aliphatic heterocycles. The van der Waals surface area contributed by atoms with E-state index in [1.54, 1.807) is 5.56 Å². The Kier molecular flexibility index (Phi) is 13.5. The Balaban J connectivity index is 1.58. The minimum absolute atomic E-state index is 0.287. The van der Waals surface area contributed by atoms with E-state index in [2.05, 4.69) is 49.1 Å². The molecular weight excluding hydrogens is 362 g/mol. The van der Waals surface area contributed by atoms with Gasteiger partial charge in [0.25, 0.3) is 0 Å². The van der Waals surface area contributed by atoms with Gasteiger partial charge in [-0.25, -0.2) is 0 Å². The maximum Gasteiger partial charge on any atom is 0.0458 e. The summed E-state index contributed by atoms with van der Waals surface area (Å²) in [6.45, 7) is 7.30. The molecule has 0 aliphatic carbocycles. The van der Waals surface area contributed by atoms with E-state index in [0.29, 0.717) is 0 Å². The molecule has 172 valence electrons. The molecule has 0 radical (unpaired) electrons. The second-order valence-electron chi connectivity index (χ2n) is 9.79. The summed E-state index contributed by atoms with van der Waals surface area (Å²) in [5.74, 6) is 0. The van der Waals surface area contributed by atoms with Crippen LogP contribution in [0.4, 0.5) is 0 Å². The Morgan fingerprint density at radius 1 is 0.633 bits per heavy atom. The molecule has 0 N–H and O–H groups in total. The normalized spacial score (nSPS) is 16.7. The first-order valence-corrected chi connectivity index (χ1v) is 13.6. The van der Waals surface area contributed by atoms with Crippen LogP contribution < -0.4 is 0 Å². The first-order chi connectivity index (χ1) is 14.8. The van der Waals surface area contributed by atoms with Gasteiger partial charge in [-0.05, 0) is 44.3 Å². The maximum absolute atomic E-state index is 2.81. The van der Waals surface area contributed by atoms with Gasteiger partial charge in [0.1, 0.15) is 0 Å². The highest BCUT2D eigenvalue weighted by Crippen LogP contribution is 2.39. The van der Waals surface area contributed by atoms with E-state index in [0.717, 1.165) is 0 Å². The van der Waals surface area contributed by atoms with Crippen molar-refractivity contribution in [3.8, 4) is 0 Å². The lowest BCUT2D eigenvalue weighted by Gasteiger charge is -2.42. The molecule has 0 amide bonds. The zero-order valence-corrected chi connectivity index (χ0v) is 20.5. The van der Waals surface area contributed by atoms with Crippen LogP contribution in [0.2, 0.25) is 0 Å². The second kappa shape index (κ2) is 15.9. The molecule has 0 spiro atoms. The summed E-state index contributed by atoms with van der Waals surface area (Å²) < 4.78 is 0. The van der Waals surface area contributed by atoms with Gasteiger partial charge in [-0.3, -0.25) is 4.90 Å². The number of benzene rings is 1. The van der Waals surface area contributed by atoms with Crippen molar-refractivity contribution >= 4 is 0 Å². The van der Waals surface area contributed by atoms with Crippen LogP contribution in [0.15, 0.2) is 30.3 Å². The van der Waals surface area contributed by atoms with Gasteiger partial charge in [0.15, 0.2) is 0 Å². The van der Waals surface area contributed by atoms with Crippen LogP contribution in [0.25, 0.3) is 0 Å². The van der Waals surface area contributed by atoms with Gasteiger partial charge in [-0.1, -0.05) is 134 Å². The monoisotopic (exact) mass is 413 g/mol. The van der Waals surface area contributed by atoms with Crippen LogP contribution in [0, 0.1) is 0 Å². The number of rotatable bonds is 18. The molecule has 0 saturated carbocycles. The summed E-state index contributed by atoms with van der Waals surface area (Å²) in [4.78, 5) is 2.81. The van der Waals surface area contributed by atoms with Crippen LogP contribution in [-0.4, -0.2) is 18.0 Å². The maximum atomic E-state index is 2.81. The fourth-order valence-electron chi connectivity index (χ4n) is 5.60. The number of nitrogens with zero attached hydrogens (tertiary/aromatic N) is 1. The molecule has 1 unspecified atom stereocenters. The third kappa shape index (κ3) is 8.74. The summed E-state index contributed by atoms with van der Waals surface area (Å²) in [7, 11) is 0. The molecule has 1 aliphatic rings. The van der Waals surface area contributed by atoms with Gasteiger partial charge in [-0.15, -0.1) is 0 Å².